The molecule has 0 bridgehead atoms. The molecule has 1 aliphatic rings. The Morgan fingerprint density at radius 1 is 1.16 bits per heavy atom. The van der Waals surface area contributed by atoms with Gasteiger partial charge in [-0.1, -0.05) is 11.6 Å². The summed E-state index contributed by atoms with van der Waals surface area (Å²) in [5.74, 6) is 0.912. The zero-order chi connectivity index (χ0) is 22.3. The molecule has 32 heavy (non-hydrogen) atoms. The van der Waals surface area contributed by atoms with Crippen LogP contribution in [0.4, 0.5) is 15.9 Å². The number of nitrogens with zero attached hydrogens (tertiary/aromatic N) is 3. The molecular formula is C22H24ClFN4O4. The molecule has 1 saturated heterocycles. The second kappa shape index (κ2) is 10.7. The lowest BCUT2D eigenvalue weighted by atomic mass is 10.2. The highest BCUT2D eigenvalue weighted by molar-refractivity contribution is 6.31. The molecule has 170 valence electrons. The van der Waals surface area contributed by atoms with Crippen LogP contribution in [-0.2, 0) is 9.62 Å². The average molecular weight is 463 g/mol. The Bertz CT molecular complexity index is 1070. The molecule has 0 spiro atoms. The zero-order valence-electron chi connectivity index (χ0n) is 17.6. The van der Waals surface area contributed by atoms with Gasteiger partial charge in [0.1, 0.15) is 18.0 Å². The molecule has 0 radical (unpaired) electrons. The minimum absolute atomic E-state index is 0.0181. The highest BCUT2D eigenvalue weighted by Crippen LogP contribution is 2.35. The van der Waals surface area contributed by atoms with Crippen molar-refractivity contribution < 1.29 is 23.6 Å². The largest absolute Gasteiger partial charge is 0.493 e. The normalized spacial score (nSPS) is 14.5. The number of benzene rings is 2. The molecule has 0 saturated carbocycles. The van der Waals surface area contributed by atoms with Gasteiger partial charge in [0.15, 0.2) is 5.75 Å². The molecule has 1 aromatic heterocycles. The first-order chi connectivity index (χ1) is 15.6. The van der Waals surface area contributed by atoms with Gasteiger partial charge in [-0.3, -0.25) is 4.90 Å². The number of nitrogens with one attached hydrogen (secondary N) is 1. The van der Waals surface area contributed by atoms with E-state index < -0.39 is 5.82 Å². The fraction of sp³-hybridized carbons (Fsp3) is 0.364. The van der Waals surface area contributed by atoms with Gasteiger partial charge in [-0.2, -0.15) is 4.89 Å². The molecule has 0 amide bonds. The van der Waals surface area contributed by atoms with E-state index in [4.69, 9.17) is 30.8 Å². The Kier molecular flexibility index (Phi) is 7.54. The SMILES string of the molecule is COc1cc2ncnc(Nc3ccc(F)c(Cl)c3)c2cc1OOCCCN1CCOCC1. The van der Waals surface area contributed by atoms with Gasteiger partial charge < -0.3 is 19.7 Å². The summed E-state index contributed by atoms with van der Waals surface area (Å²) in [4.78, 5) is 21.9. The third kappa shape index (κ3) is 5.55. The molecule has 0 atom stereocenters. The molecule has 4 rings (SSSR count). The van der Waals surface area contributed by atoms with E-state index in [1.165, 1.54) is 18.5 Å². The van der Waals surface area contributed by atoms with E-state index in [2.05, 4.69) is 20.2 Å². The molecule has 0 unspecified atom stereocenters. The third-order valence-corrected chi connectivity index (χ3v) is 5.35. The van der Waals surface area contributed by atoms with Crippen LogP contribution in [0.5, 0.6) is 11.5 Å². The van der Waals surface area contributed by atoms with Gasteiger partial charge in [0, 0.05) is 42.8 Å². The molecule has 0 aliphatic carbocycles. The summed E-state index contributed by atoms with van der Waals surface area (Å²) in [7, 11) is 1.55. The summed E-state index contributed by atoms with van der Waals surface area (Å²) < 4.78 is 24.2. The quantitative estimate of drug-likeness (QED) is 0.288. The summed E-state index contributed by atoms with van der Waals surface area (Å²) in [5, 5.41) is 3.84. The smallest absolute Gasteiger partial charge is 0.208 e. The van der Waals surface area contributed by atoms with E-state index in [1.54, 1.807) is 25.3 Å². The first kappa shape index (κ1) is 22.5. The van der Waals surface area contributed by atoms with Crippen LogP contribution in [-0.4, -0.2) is 61.4 Å². The van der Waals surface area contributed by atoms with Crippen LogP contribution in [0.1, 0.15) is 6.42 Å². The van der Waals surface area contributed by atoms with Crippen LogP contribution in [0, 0.1) is 5.82 Å². The van der Waals surface area contributed by atoms with Crippen LogP contribution < -0.4 is 14.9 Å². The highest BCUT2D eigenvalue weighted by atomic mass is 35.5. The lowest BCUT2D eigenvalue weighted by Crippen LogP contribution is -2.37. The minimum Gasteiger partial charge on any atom is -0.493 e. The number of halogens is 2. The van der Waals surface area contributed by atoms with Crippen molar-refractivity contribution in [2.24, 2.45) is 0 Å². The maximum Gasteiger partial charge on any atom is 0.208 e. The molecule has 2 heterocycles. The third-order valence-electron chi connectivity index (χ3n) is 5.06. The van der Waals surface area contributed by atoms with E-state index in [0.29, 0.717) is 40.5 Å². The van der Waals surface area contributed by atoms with Gasteiger partial charge in [0.2, 0.25) is 5.75 Å². The van der Waals surface area contributed by atoms with Crippen molar-refractivity contribution in [2.75, 3.05) is 51.9 Å². The Morgan fingerprint density at radius 2 is 2.00 bits per heavy atom. The Morgan fingerprint density at radius 3 is 2.78 bits per heavy atom. The van der Waals surface area contributed by atoms with Crippen molar-refractivity contribution in [3.05, 3.63) is 47.5 Å². The fourth-order valence-corrected chi connectivity index (χ4v) is 3.56. The first-order valence-corrected chi connectivity index (χ1v) is 10.7. The van der Waals surface area contributed by atoms with Gasteiger partial charge in [0.05, 0.1) is 37.5 Å². The first-order valence-electron chi connectivity index (χ1n) is 10.3. The molecule has 1 N–H and O–H groups in total. The maximum absolute atomic E-state index is 13.5. The zero-order valence-corrected chi connectivity index (χ0v) is 18.4. The molecule has 8 nitrogen and oxygen atoms in total. The Hall–Kier alpha value is -2.72. The summed E-state index contributed by atoms with van der Waals surface area (Å²) in [6.07, 6.45) is 2.26. The number of fused-ring (bicyclic) bond motifs is 1. The summed E-state index contributed by atoms with van der Waals surface area (Å²) in [6.45, 7) is 4.78. The van der Waals surface area contributed by atoms with Crippen molar-refractivity contribution >= 4 is 34.0 Å². The molecule has 1 fully saturated rings. The number of anilines is 2. The van der Waals surface area contributed by atoms with Crippen molar-refractivity contribution in [3.63, 3.8) is 0 Å². The van der Waals surface area contributed by atoms with E-state index in [0.717, 1.165) is 39.3 Å². The Balaban J connectivity index is 1.45. The summed E-state index contributed by atoms with van der Waals surface area (Å²) in [5.41, 5.74) is 1.24. The standard InChI is InChI=1S/C22H24ClFN4O4/c1-29-20-13-19-16(12-21(20)32-31-8-2-5-28-6-9-30-10-7-28)22(26-14-25-19)27-15-3-4-18(24)17(23)11-15/h3-4,11-14H,2,5-10H2,1H3,(H,25,26,27). The lowest BCUT2D eigenvalue weighted by Gasteiger charge is -2.26. The van der Waals surface area contributed by atoms with Crippen LogP contribution in [0.2, 0.25) is 5.02 Å². The van der Waals surface area contributed by atoms with E-state index >= 15 is 0 Å². The second-order valence-electron chi connectivity index (χ2n) is 7.21. The Labute approximate surface area is 190 Å². The van der Waals surface area contributed by atoms with Gasteiger partial charge >= 0.3 is 0 Å². The van der Waals surface area contributed by atoms with Crippen LogP contribution in [0.15, 0.2) is 36.7 Å². The minimum atomic E-state index is -0.490. The number of ether oxygens (including phenoxy) is 2. The van der Waals surface area contributed by atoms with E-state index in [1.807, 2.05) is 0 Å². The molecular weight excluding hydrogens is 439 g/mol. The lowest BCUT2D eigenvalue weighted by molar-refractivity contribution is -0.208. The van der Waals surface area contributed by atoms with E-state index in [-0.39, 0.29) is 5.02 Å². The van der Waals surface area contributed by atoms with Crippen molar-refractivity contribution in [2.45, 2.75) is 6.42 Å². The van der Waals surface area contributed by atoms with E-state index in [9.17, 15) is 4.39 Å². The van der Waals surface area contributed by atoms with Gasteiger partial charge in [-0.15, -0.1) is 0 Å². The van der Waals surface area contributed by atoms with Gasteiger partial charge in [-0.05, 0) is 24.6 Å². The molecule has 3 aromatic rings. The van der Waals surface area contributed by atoms with Gasteiger partial charge in [-0.25, -0.2) is 14.4 Å². The summed E-state index contributed by atoms with van der Waals surface area (Å²) in [6, 6.07) is 7.84. The fourth-order valence-electron chi connectivity index (χ4n) is 3.38. The predicted octanol–water partition coefficient (Wildman–Crippen LogP) is 4.21. The van der Waals surface area contributed by atoms with Gasteiger partial charge in [0.25, 0.3) is 0 Å². The molecule has 10 heteroatoms. The highest BCUT2D eigenvalue weighted by Gasteiger charge is 2.14. The number of rotatable bonds is 9. The number of hydrogen-bond donors (Lipinski definition) is 1. The average Bonchev–Trinajstić information content (AvgIpc) is 2.81. The van der Waals surface area contributed by atoms with Crippen LogP contribution in [0.3, 0.4) is 0 Å². The summed E-state index contributed by atoms with van der Waals surface area (Å²) >= 11 is 5.89. The van der Waals surface area contributed by atoms with Crippen molar-refractivity contribution in [1.29, 1.82) is 0 Å². The molecule has 2 aromatic carbocycles. The monoisotopic (exact) mass is 462 g/mol. The second-order valence-corrected chi connectivity index (χ2v) is 7.62. The predicted molar refractivity (Wildman–Crippen MR) is 119 cm³/mol. The number of morpholine rings is 1. The topological polar surface area (TPSA) is 78.0 Å². The van der Waals surface area contributed by atoms with Crippen LogP contribution in [0.25, 0.3) is 10.9 Å². The van der Waals surface area contributed by atoms with Crippen LogP contribution >= 0.6 is 11.6 Å². The number of aromatic nitrogens is 2. The number of hydrogen-bond acceptors (Lipinski definition) is 8. The van der Waals surface area contributed by atoms with Crippen molar-refractivity contribution in [3.8, 4) is 11.5 Å². The molecule has 1 aliphatic heterocycles. The van der Waals surface area contributed by atoms with Crippen molar-refractivity contribution in [1.82, 2.24) is 14.9 Å². The number of methoxy groups -OCH3 is 1. The maximum atomic E-state index is 13.5.